The number of ether oxygens (including phenoxy) is 3. The van der Waals surface area contributed by atoms with E-state index in [1.54, 1.807) is 4.90 Å². The molecule has 1 fully saturated rings. The quantitative estimate of drug-likeness (QED) is 0.189. The lowest BCUT2D eigenvalue weighted by Gasteiger charge is -2.34. The first-order valence-corrected chi connectivity index (χ1v) is 14.4. The average Bonchev–Trinajstić information content (AvgIpc) is 2.97. The summed E-state index contributed by atoms with van der Waals surface area (Å²) in [4.78, 5) is 57.4. The van der Waals surface area contributed by atoms with Gasteiger partial charge in [0.15, 0.2) is 0 Å². The number of carbonyl (C=O) groups is 4. The van der Waals surface area contributed by atoms with E-state index in [9.17, 15) is 29.4 Å². The maximum absolute atomic E-state index is 12.1. The molecule has 2 N–H and O–H groups in total. The van der Waals surface area contributed by atoms with Crippen molar-refractivity contribution in [2.24, 2.45) is 0 Å². The van der Waals surface area contributed by atoms with Crippen LogP contribution in [0.4, 0.5) is 0 Å². The van der Waals surface area contributed by atoms with Crippen LogP contribution < -0.4 is 0 Å². The van der Waals surface area contributed by atoms with E-state index < -0.39 is 12.1 Å². The zero-order chi connectivity index (χ0) is 31.6. The van der Waals surface area contributed by atoms with Gasteiger partial charge < -0.3 is 24.4 Å². The Hall–Kier alpha value is -3.14. The van der Waals surface area contributed by atoms with Crippen molar-refractivity contribution >= 4 is 23.9 Å². The Kier molecular flexibility index (Phi) is 16.7. The van der Waals surface area contributed by atoms with Gasteiger partial charge in [0.1, 0.15) is 0 Å². The minimum Gasteiger partial charge on any atom is -0.480 e. The molecule has 1 aliphatic heterocycles. The number of benzene rings is 1. The predicted octanol–water partition coefficient (Wildman–Crippen LogP) is -1.33. The molecule has 0 aliphatic carbocycles. The highest BCUT2D eigenvalue weighted by Gasteiger charge is 2.23. The lowest BCUT2D eigenvalue weighted by molar-refractivity contribution is -0.144. The molecule has 1 aliphatic rings. The first kappa shape index (κ1) is 36.1. The number of methoxy groups -OCH3 is 3. The van der Waals surface area contributed by atoms with Crippen LogP contribution in [0.3, 0.4) is 0 Å². The Morgan fingerprint density at radius 1 is 0.721 bits per heavy atom. The summed E-state index contributed by atoms with van der Waals surface area (Å²) in [6, 6.07) is 9.48. The van der Waals surface area contributed by atoms with Gasteiger partial charge in [-0.3, -0.25) is 43.7 Å². The van der Waals surface area contributed by atoms with Gasteiger partial charge in [-0.15, -0.1) is 0 Å². The number of esters is 3. The fourth-order valence-electron chi connectivity index (χ4n) is 4.85. The molecule has 1 saturated heterocycles. The SMILES string of the molecule is COC(=O)CN1CCN(CC(=O)OC)CCN(CC(O)CN(CC(=O)O)Cc2ccccc2)CCN(CC(=O)OC)CC1. The molecular weight excluding hydrogens is 562 g/mol. The van der Waals surface area contributed by atoms with Gasteiger partial charge in [0.25, 0.3) is 0 Å². The standard InChI is InChI=1S/C29H47N5O9/c1-41-27(38)21-31-11-9-30(18-25(35)19-34(20-26(36)37)17-24-7-5-4-6-8-24)10-12-32(22-28(39)42-2)14-16-33(15-13-31)23-29(40)43-3/h4-8,25,35H,9-23H2,1-3H3,(H,36,37). The number of aliphatic carboxylic acids is 1. The highest BCUT2D eigenvalue weighted by Crippen LogP contribution is 2.08. The first-order valence-electron chi connectivity index (χ1n) is 14.4. The number of β-amino-alcohol motifs (C(OH)–C–C–N with tert-alkyl or cyclic N) is 1. The fraction of sp³-hybridized carbons (Fsp3) is 0.655. The second-order valence-electron chi connectivity index (χ2n) is 10.6. The molecule has 43 heavy (non-hydrogen) atoms. The summed E-state index contributed by atoms with van der Waals surface area (Å²) >= 11 is 0. The van der Waals surface area contributed by atoms with Crippen molar-refractivity contribution in [3.8, 4) is 0 Å². The van der Waals surface area contributed by atoms with E-state index in [2.05, 4.69) is 4.90 Å². The minimum absolute atomic E-state index is 0.0664. The summed E-state index contributed by atoms with van der Waals surface area (Å²) in [6.07, 6.45) is -0.852. The van der Waals surface area contributed by atoms with Gasteiger partial charge in [0, 0.05) is 72.0 Å². The van der Waals surface area contributed by atoms with Crippen molar-refractivity contribution in [3.63, 3.8) is 0 Å². The van der Waals surface area contributed by atoms with Crippen LogP contribution in [0.2, 0.25) is 0 Å². The van der Waals surface area contributed by atoms with E-state index in [0.717, 1.165) is 5.56 Å². The van der Waals surface area contributed by atoms with Crippen molar-refractivity contribution < 1.29 is 43.6 Å². The molecule has 1 unspecified atom stereocenters. The third-order valence-corrected chi connectivity index (χ3v) is 7.22. The van der Waals surface area contributed by atoms with Gasteiger partial charge in [0.05, 0.1) is 53.6 Å². The van der Waals surface area contributed by atoms with Gasteiger partial charge in [-0.2, -0.15) is 0 Å². The van der Waals surface area contributed by atoms with Gasteiger partial charge in [-0.05, 0) is 5.56 Å². The molecule has 1 atom stereocenters. The number of carboxylic acids is 1. The summed E-state index contributed by atoms with van der Waals surface area (Å²) < 4.78 is 14.6. The summed E-state index contributed by atoms with van der Waals surface area (Å²) in [5, 5.41) is 20.5. The van der Waals surface area contributed by atoms with E-state index in [0.29, 0.717) is 58.9 Å². The summed E-state index contributed by atoms with van der Waals surface area (Å²) in [5.74, 6) is -2.12. The number of aliphatic hydroxyl groups is 1. The van der Waals surface area contributed by atoms with Crippen molar-refractivity contribution in [1.82, 2.24) is 24.5 Å². The molecular formula is C29H47N5O9. The van der Waals surface area contributed by atoms with Gasteiger partial charge in [0.2, 0.25) is 0 Å². The third kappa shape index (κ3) is 15.2. The number of hydrogen-bond acceptors (Lipinski definition) is 13. The molecule has 1 aromatic carbocycles. The van der Waals surface area contributed by atoms with E-state index in [1.807, 2.05) is 45.0 Å². The number of carbonyl (C=O) groups excluding carboxylic acids is 3. The molecule has 0 radical (unpaired) electrons. The molecule has 2 rings (SSSR count). The summed E-state index contributed by atoms with van der Waals surface area (Å²) in [7, 11) is 4.00. The molecule has 14 nitrogen and oxygen atoms in total. The molecule has 0 amide bonds. The lowest BCUT2D eigenvalue weighted by atomic mass is 10.2. The van der Waals surface area contributed by atoms with Crippen molar-refractivity contribution in [1.29, 1.82) is 0 Å². The van der Waals surface area contributed by atoms with Crippen LogP contribution >= 0.6 is 0 Å². The Balaban J connectivity index is 2.18. The van der Waals surface area contributed by atoms with Gasteiger partial charge in [-0.25, -0.2) is 0 Å². The van der Waals surface area contributed by atoms with Crippen LogP contribution in [0.25, 0.3) is 0 Å². The smallest absolute Gasteiger partial charge is 0.319 e. The maximum atomic E-state index is 12.1. The topological polar surface area (TPSA) is 153 Å². The highest BCUT2D eigenvalue weighted by molar-refractivity contribution is 5.72. The lowest BCUT2D eigenvalue weighted by Crippen LogP contribution is -2.50. The first-order chi connectivity index (χ1) is 20.6. The van der Waals surface area contributed by atoms with Crippen LogP contribution in [0, 0.1) is 0 Å². The molecule has 0 bridgehead atoms. The molecule has 1 heterocycles. The molecule has 14 heteroatoms. The van der Waals surface area contributed by atoms with Crippen molar-refractivity contribution in [2.45, 2.75) is 12.6 Å². The highest BCUT2D eigenvalue weighted by atomic mass is 16.5. The Morgan fingerprint density at radius 3 is 1.49 bits per heavy atom. The molecule has 0 spiro atoms. The molecule has 0 aromatic heterocycles. The number of carboxylic acid groups (broad SMARTS) is 1. The van der Waals surface area contributed by atoms with Crippen LogP contribution in [-0.2, 0) is 39.9 Å². The second kappa shape index (κ2) is 19.9. The largest absolute Gasteiger partial charge is 0.480 e. The van der Waals surface area contributed by atoms with Crippen LogP contribution in [0.15, 0.2) is 30.3 Å². The van der Waals surface area contributed by atoms with E-state index in [1.165, 1.54) is 21.3 Å². The van der Waals surface area contributed by atoms with Crippen LogP contribution in [0.5, 0.6) is 0 Å². The van der Waals surface area contributed by atoms with Gasteiger partial charge in [-0.1, -0.05) is 30.3 Å². The normalized spacial score (nSPS) is 17.4. The van der Waals surface area contributed by atoms with Gasteiger partial charge >= 0.3 is 23.9 Å². The van der Waals surface area contributed by atoms with Crippen molar-refractivity contribution in [3.05, 3.63) is 35.9 Å². The number of nitrogens with zero attached hydrogens (tertiary/aromatic N) is 5. The van der Waals surface area contributed by atoms with Crippen LogP contribution in [-0.4, -0.2) is 178 Å². The summed E-state index contributed by atoms with van der Waals surface area (Å²) in [5.41, 5.74) is 0.945. The van der Waals surface area contributed by atoms with Crippen molar-refractivity contribution in [2.75, 3.05) is 113 Å². The van der Waals surface area contributed by atoms with E-state index in [4.69, 9.17) is 14.2 Å². The van der Waals surface area contributed by atoms with Crippen LogP contribution in [0.1, 0.15) is 5.56 Å². The average molecular weight is 610 g/mol. The Bertz CT molecular complexity index is 966. The monoisotopic (exact) mass is 609 g/mol. The maximum Gasteiger partial charge on any atom is 0.319 e. The predicted molar refractivity (Wildman–Crippen MR) is 157 cm³/mol. The Labute approximate surface area is 253 Å². The second-order valence-corrected chi connectivity index (χ2v) is 10.6. The zero-order valence-electron chi connectivity index (χ0n) is 25.6. The Morgan fingerprint density at radius 2 is 1.12 bits per heavy atom. The number of rotatable bonds is 14. The molecule has 1 aromatic rings. The fourth-order valence-corrected chi connectivity index (χ4v) is 4.85. The number of aliphatic hydroxyl groups excluding tert-OH is 1. The molecule has 0 saturated carbocycles. The van der Waals surface area contributed by atoms with E-state index in [-0.39, 0.29) is 57.2 Å². The molecule has 242 valence electrons. The van der Waals surface area contributed by atoms with E-state index >= 15 is 0 Å². The summed E-state index contributed by atoms with van der Waals surface area (Å²) in [6.45, 7) is 4.64. The third-order valence-electron chi connectivity index (χ3n) is 7.22. The number of hydrogen-bond donors (Lipinski definition) is 2. The zero-order valence-corrected chi connectivity index (χ0v) is 25.6. The minimum atomic E-state index is -0.979.